The standard InChI is InChI=1S/C29H51O5P/c1-20(2)12-9-13-21(3)14-10-15-22(4)16-11-18-29(8)19-17-26-25(7)27(34-35(30,31)32)23(5)24(6)28(26)33-29/h20-22H,9-19H2,1-8H3,(H2,30,31,32)/t21-,22-,29-/m1/s1. The highest BCUT2D eigenvalue weighted by Gasteiger charge is 2.35. The fourth-order valence-electron chi connectivity index (χ4n) is 5.52. The average molecular weight is 511 g/mol. The minimum atomic E-state index is -4.61. The summed E-state index contributed by atoms with van der Waals surface area (Å²) in [6.45, 7) is 17.3. The van der Waals surface area contributed by atoms with E-state index >= 15 is 0 Å². The van der Waals surface area contributed by atoms with Crippen LogP contribution in [0.25, 0.3) is 0 Å². The Kier molecular flexibility index (Phi) is 11.2. The maximum atomic E-state index is 11.5. The molecular formula is C29H51O5P. The summed E-state index contributed by atoms with van der Waals surface area (Å²) in [6, 6.07) is 0. The predicted octanol–water partition coefficient (Wildman–Crippen LogP) is 8.61. The van der Waals surface area contributed by atoms with Gasteiger partial charge in [0.2, 0.25) is 0 Å². The van der Waals surface area contributed by atoms with Crippen LogP contribution in [-0.4, -0.2) is 15.4 Å². The van der Waals surface area contributed by atoms with E-state index in [4.69, 9.17) is 9.26 Å². The van der Waals surface area contributed by atoms with E-state index in [0.717, 1.165) is 71.4 Å². The van der Waals surface area contributed by atoms with Crippen LogP contribution in [0, 0.1) is 38.5 Å². The first-order valence-electron chi connectivity index (χ1n) is 13.8. The lowest BCUT2D eigenvalue weighted by Gasteiger charge is -2.38. The van der Waals surface area contributed by atoms with Crippen LogP contribution in [0.1, 0.15) is 121 Å². The molecule has 35 heavy (non-hydrogen) atoms. The van der Waals surface area contributed by atoms with Crippen molar-refractivity contribution in [2.45, 2.75) is 132 Å². The van der Waals surface area contributed by atoms with E-state index in [-0.39, 0.29) is 5.60 Å². The van der Waals surface area contributed by atoms with Crippen molar-refractivity contribution in [2.24, 2.45) is 17.8 Å². The molecule has 1 aliphatic rings. The van der Waals surface area contributed by atoms with Gasteiger partial charge in [-0.1, -0.05) is 72.6 Å². The summed E-state index contributed by atoms with van der Waals surface area (Å²) in [5.41, 5.74) is 3.24. The third-order valence-corrected chi connectivity index (χ3v) is 8.47. The largest absolute Gasteiger partial charge is 0.524 e. The van der Waals surface area contributed by atoms with Gasteiger partial charge in [0.05, 0.1) is 0 Å². The molecule has 2 rings (SSSR count). The van der Waals surface area contributed by atoms with Gasteiger partial charge in [-0.05, 0) is 87.8 Å². The molecule has 3 atom stereocenters. The van der Waals surface area contributed by atoms with Gasteiger partial charge in [0.25, 0.3) is 0 Å². The Hall–Kier alpha value is -1.03. The van der Waals surface area contributed by atoms with Crippen LogP contribution < -0.4 is 9.26 Å². The number of hydrogen-bond donors (Lipinski definition) is 2. The first-order valence-corrected chi connectivity index (χ1v) is 15.3. The van der Waals surface area contributed by atoms with E-state index < -0.39 is 7.82 Å². The van der Waals surface area contributed by atoms with E-state index in [1.54, 1.807) is 0 Å². The minimum absolute atomic E-state index is 0.201. The van der Waals surface area contributed by atoms with Crippen LogP contribution >= 0.6 is 7.82 Å². The van der Waals surface area contributed by atoms with Crippen molar-refractivity contribution < 1.29 is 23.6 Å². The molecule has 1 aliphatic heterocycles. The monoisotopic (exact) mass is 510 g/mol. The Morgan fingerprint density at radius 3 is 1.97 bits per heavy atom. The first-order chi connectivity index (χ1) is 16.2. The minimum Gasteiger partial charge on any atom is -0.487 e. The predicted molar refractivity (Wildman–Crippen MR) is 145 cm³/mol. The van der Waals surface area contributed by atoms with Crippen molar-refractivity contribution in [2.75, 3.05) is 0 Å². The zero-order valence-electron chi connectivity index (χ0n) is 23.6. The van der Waals surface area contributed by atoms with Gasteiger partial charge in [0.15, 0.2) is 0 Å². The molecule has 0 amide bonds. The van der Waals surface area contributed by atoms with Gasteiger partial charge in [0, 0.05) is 5.56 Å². The van der Waals surface area contributed by atoms with Gasteiger partial charge in [-0.25, -0.2) is 4.57 Å². The van der Waals surface area contributed by atoms with Crippen LogP contribution in [0.4, 0.5) is 0 Å². The van der Waals surface area contributed by atoms with Crippen molar-refractivity contribution >= 4 is 7.82 Å². The zero-order chi connectivity index (χ0) is 26.4. The maximum absolute atomic E-state index is 11.5. The van der Waals surface area contributed by atoms with Crippen LogP contribution in [-0.2, 0) is 11.0 Å². The summed E-state index contributed by atoms with van der Waals surface area (Å²) in [5.74, 6) is 3.59. The highest BCUT2D eigenvalue weighted by Crippen LogP contribution is 2.48. The highest BCUT2D eigenvalue weighted by molar-refractivity contribution is 7.46. The second-order valence-corrected chi connectivity index (χ2v) is 13.2. The van der Waals surface area contributed by atoms with Crippen molar-refractivity contribution in [3.8, 4) is 11.5 Å². The number of phosphoric ester groups is 1. The SMILES string of the molecule is Cc1c(C)c2c(c(C)c1OP(=O)(O)O)CC[C@@](C)(CCC[C@H](C)CCC[C@H](C)CCCC(C)C)O2. The van der Waals surface area contributed by atoms with E-state index in [9.17, 15) is 14.4 Å². The summed E-state index contributed by atoms with van der Waals surface area (Å²) in [4.78, 5) is 18.7. The summed E-state index contributed by atoms with van der Waals surface area (Å²) in [5, 5.41) is 0. The topological polar surface area (TPSA) is 76.0 Å². The summed E-state index contributed by atoms with van der Waals surface area (Å²) in [6.07, 6.45) is 13.3. The molecule has 2 N–H and O–H groups in total. The molecule has 1 aromatic carbocycles. The summed E-state index contributed by atoms with van der Waals surface area (Å²) >= 11 is 0. The number of hydrogen-bond acceptors (Lipinski definition) is 3. The Morgan fingerprint density at radius 2 is 1.43 bits per heavy atom. The third-order valence-electron chi connectivity index (χ3n) is 8.05. The van der Waals surface area contributed by atoms with E-state index in [1.165, 1.54) is 44.9 Å². The summed E-state index contributed by atoms with van der Waals surface area (Å²) < 4.78 is 23.1. The number of rotatable bonds is 14. The van der Waals surface area contributed by atoms with Gasteiger partial charge in [-0.3, -0.25) is 9.79 Å². The van der Waals surface area contributed by atoms with E-state index in [1.807, 2.05) is 20.8 Å². The van der Waals surface area contributed by atoms with E-state index in [0.29, 0.717) is 5.75 Å². The molecule has 1 aromatic rings. The fraction of sp³-hybridized carbons (Fsp3) is 0.793. The Morgan fingerprint density at radius 1 is 0.886 bits per heavy atom. The number of phosphoric acid groups is 1. The molecule has 202 valence electrons. The lowest BCUT2D eigenvalue weighted by Crippen LogP contribution is -2.37. The molecule has 0 bridgehead atoms. The molecule has 0 saturated carbocycles. The molecule has 0 saturated heterocycles. The van der Waals surface area contributed by atoms with Crippen molar-refractivity contribution in [1.29, 1.82) is 0 Å². The molecule has 0 fully saturated rings. The van der Waals surface area contributed by atoms with Crippen LogP contribution in [0.5, 0.6) is 11.5 Å². The second kappa shape index (κ2) is 13.0. The number of ether oxygens (including phenoxy) is 1. The third kappa shape index (κ3) is 9.41. The summed E-state index contributed by atoms with van der Waals surface area (Å²) in [7, 11) is -4.61. The highest BCUT2D eigenvalue weighted by atomic mass is 31.2. The van der Waals surface area contributed by atoms with Crippen molar-refractivity contribution in [1.82, 2.24) is 0 Å². The molecule has 6 heteroatoms. The van der Waals surface area contributed by atoms with Gasteiger partial charge in [-0.15, -0.1) is 0 Å². The normalized spacial score (nSPS) is 19.9. The lowest BCUT2D eigenvalue weighted by atomic mass is 9.84. The van der Waals surface area contributed by atoms with Crippen LogP contribution in [0.3, 0.4) is 0 Å². The Bertz CT molecular complexity index is 875. The average Bonchev–Trinajstić information content (AvgIpc) is 2.74. The van der Waals surface area contributed by atoms with E-state index in [2.05, 4.69) is 34.6 Å². The van der Waals surface area contributed by atoms with Gasteiger partial charge in [0.1, 0.15) is 17.1 Å². The fourth-order valence-corrected chi connectivity index (χ4v) is 6.03. The van der Waals surface area contributed by atoms with Gasteiger partial charge in [-0.2, -0.15) is 0 Å². The molecule has 0 radical (unpaired) electrons. The molecule has 0 spiro atoms. The van der Waals surface area contributed by atoms with Crippen molar-refractivity contribution in [3.63, 3.8) is 0 Å². The first kappa shape index (κ1) is 30.2. The molecule has 0 unspecified atom stereocenters. The molecule has 0 aliphatic carbocycles. The van der Waals surface area contributed by atoms with Crippen LogP contribution in [0.15, 0.2) is 0 Å². The lowest BCUT2D eigenvalue weighted by molar-refractivity contribution is 0.0512. The van der Waals surface area contributed by atoms with Crippen LogP contribution in [0.2, 0.25) is 0 Å². The quantitative estimate of drug-likeness (QED) is 0.245. The Balaban J connectivity index is 1.85. The zero-order valence-corrected chi connectivity index (χ0v) is 24.5. The Labute approximate surface area is 214 Å². The number of fused-ring (bicyclic) bond motifs is 1. The molecule has 1 heterocycles. The second-order valence-electron chi connectivity index (χ2n) is 12.0. The molecule has 0 aromatic heterocycles. The smallest absolute Gasteiger partial charge is 0.487 e. The van der Waals surface area contributed by atoms with Gasteiger partial charge >= 0.3 is 7.82 Å². The van der Waals surface area contributed by atoms with Gasteiger partial charge < -0.3 is 9.26 Å². The van der Waals surface area contributed by atoms with Crippen molar-refractivity contribution in [3.05, 3.63) is 22.3 Å². The number of benzene rings is 1. The molecule has 5 nitrogen and oxygen atoms in total. The maximum Gasteiger partial charge on any atom is 0.524 e. The molecular weight excluding hydrogens is 459 g/mol.